The standard InChI is InChI=1S/C36H66N10O13/c1-17(2)15-25(36(58)59)45-30(52)18(3)40-33(55)24(16-26(49)50)44-31(53)22(11-7-9-13-37)42-29(51)19(4)41-35(57)28(21(6)48)46-32(54)23(12-8-10-14-38)43-34(56)27(39)20(5)47/h17-25,27-28,47-48H,7-16,37-39H2,1-6H3,(H,40,55)(H,41,57)(H,42,51)(H,43,56)(H,44,53)(H,45,52)(H,46,54)(H,49,50)(H,58,59)/t18-,19-,20+,21+,22-,23-,24-,25-,27-,28-/m0/s1. The molecule has 0 aromatic rings. The number of carbonyl (C=O) groups excluding carboxylic acids is 7. The molecule has 23 heteroatoms. The molecule has 59 heavy (non-hydrogen) atoms. The molecule has 0 rings (SSSR count). The number of amides is 7. The highest BCUT2D eigenvalue weighted by Crippen LogP contribution is 2.08. The van der Waals surface area contributed by atoms with Gasteiger partial charge < -0.3 is 74.8 Å². The van der Waals surface area contributed by atoms with E-state index in [9.17, 15) is 63.6 Å². The molecule has 10 atom stereocenters. The number of aliphatic hydroxyl groups is 2. The summed E-state index contributed by atoms with van der Waals surface area (Å²) in [5.74, 6) is -9.54. The summed E-state index contributed by atoms with van der Waals surface area (Å²) in [7, 11) is 0. The smallest absolute Gasteiger partial charge is 0.326 e. The number of unbranched alkanes of at least 4 members (excludes halogenated alkanes) is 2. The van der Waals surface area contributed by atoms with Crippen molar-refractivity contribution in [2.45, 2.75) is 153 Å². The van der Waals surface area contributed by atoms with Crippen LogP contribution in [0.25, 0.3) is 0 Å². The predicted molar refractivity (Wildman–Crippen MR) is 211 cm³/mol. The van der Waals surface area contributed by atoms with Crippen molar-refractivity contribution in [2.24, 2.45) is 23.1 Å². The van der Waals surface area contributed by atoms with Crippen LogP contribution in [-0.4, -0.2) is 147 Å². The molecule has 7 amide bonds. The Bertz CT molecular complexity index is 1430. The number of carboxylic acid groups (broad SMARTS) is 2. The van der Waals surface area contributed by atoms with Gasteiger partial charge in [0.05, 0.1) is 18.6 Å². The first kappa shape index (κ1) is 54.0. The van der Waals surface area contributed by atoms with E-state index in [0.717, 1.165) is 0 Å². The SMILES string of the molecule is CC(C)C[C@H](NC(=O)[C@H](C)NC(=O)[C@H](CC(=O)O)NC(=O)[C@H](CCCCN)NC(=O)[C@H](C)NC(=O)[C@@H](NC(=O)[C@H](CCCCN)NC(=O)[C@@H](N)[C@@H](C)O)[C@@H](C)O)C(=O)O. The van der Waals surface area contributed by atoms with Crippen molar-refractivity contribution in [3.8, 4) is 0 Å². The molecular formula is C36H66N10O13. The number of hydrogen-bond acceptors (Lipinski definition) is 14. The molecule has 0 aliphatic rings. The summed E-state index contributed by atoms with van der Waals surface area (Å²) in [6, 6.07) is -11.4. The van der Waals surface area contributed by atoms with E-state index in [4.69, 9.17) is 17.2 Å². The lowest BCUT2D eigenvalue weighted by Crippen LogP contribution is -2.61. The van der Waals surface area contributed by atoms with Crippen molar-refractivity contribution in [3.05, 3.63) is 0 Å². The minimum atomic E-state index is -1.76. The molecule has 0 heterocycles. The fourth-order valence-electron chi connectivity index (χ4n) is 5.36. The Hall–Kier alpha value is -4.97. The van der Waals surface area contributed by atoms with Gasteiger partial charge in [0.2, 0.25) is 41.4 Å². The van der Waals surface area contributed by atoms with E-state index in [1.165, 1.54) is 27.7 Å². The summed E-state index contributed by atoms with van der Waals surface area (Å²) in [5, 5.41) is 55.4. The van der Waals surface area contributed by atoms with Crippen LogP contribution in [0.3, 0.4) is 0 Å². The van der Waals surface area contributed by atoms with Gasteiger partial charge in [0.15, 0.2) is 0 Å². The van der Waals surface area contributed by atoms with E-state index in [0.29, 0.717) is 19.3 Å². The van der Waals surface area contributed by atoms with Gasteiger partial charge in [-0.05, 0) is 91.6 Å². The van der Waals surface area contributed by atoms with Gasteiger partial charge in [0.25, 0.3) is 0 Å². The molecule has 0 fully saturated rings. The third-order valence-corrected chi connectivity index (χ3v) is 8.88. The monoisotopic (exact) mass is 846 g/mol. The van der Waals surface area contributed by atoms with E-state index in [-0.39, 0.29) is 44.7 Å². The summed E-state index contributed by atoms with van der Waals surface area (Å²) >= 11 is 0. The van der Waals surface area contributed by atoms with Gasteiger partial charge in [0.1, 0.15) is 48.3 Å². The molecule has 0 unspecified atom stereocenters. The summed E-state index contributed by atoms with van der Waals surface area (Å²) in [5.41, 5.74) is 16.8. The van der Waals surface area contributed by atoms with Gasteiger partial charge in [0, 0.05) is 0 Å². The number of carbonyl (C=O) groups is 9. The van der Waals surface area contributed by atoms with Crippen molar-refractivity contribution in [3.63, 3.8) is 0 Å². The van der Waals surface area contributed by atoms with Crippen LogP contribution in [0.4, 0.5) is 0 Å². The zero-order valence-electron chi connectivity index (χ0n) is 34.6. The van der Waals surface area contributed by atoms with E-state index in [2.05, 4.69) is 37.2 Å². The average Bonchev–Trinajstić information content (AvgIpc) is 3.14. The number of nitrogens with two attached hydrogens (primary N) is 3. The molecule has 0 aromatic carbocycles. The number of aliphatic carboxylic acids is 2. The fourth-order valence-corrected chi connectivity index (χ4v) is 5.36. The molecule has 0 spiro atoms. The summed E-state index contributed by atoms with van der Waals surface area (Å²) in [4.78, 5) is 115. The minimum Gasteiger partial charge on any atom is -0.481 e. The van der Waals surface area contributed by atoms with Crippen molar-refractivity contribution in [2.75, 3.05) is 13.1 Å². The Balaban J connectivity index is 5.99. The van der Waals surface area contributed by atoms with E-state index in [1.54, 1.807) is 13.8 Å². The highest BCUT2D eigenvalue weighted by atomic mass is 16.4. The van der Waals surface area contributed by atoms with Crippen LogP contribution in [0.15, 0.2) is 0 Å². The molecule has 23 nitrogen and oxygen atoms in total. The van der Waals surface area contributed by atoms with E-state index in [1.807, 2.05) is 0 Å². The summed E-state index contributed by atoms with van der Waals surface area (Å²) in [6.07, 6.45) is -2.04. The summed E-state index contributed by atoms with van der Waals surface area (Å²) in [6.45, 7) is 8.94. The zero-order chi connectivity index (χ0) is 45.6. The van der Waals surface area contributed by atoms with Crippen molar-refractivity contribution < 1.29 is 63.6 Å². The molecule has 0 radical (unpaired) electrons. The number of aliphatic hydroxyl groups excluding tert-OH is 2. The Labute approximate surface area is 343 Å². The van der Waals surface area contributed by atoms with Crippen LogP contribution in [0.1, 0.15) is 92.9 Å². The quantitative estimate of drug-likeness (QED) is 0.0315. The lowest BCUT2D eigenvalue weighted by molar-refractivity contribution is -0.143. The molecule has 338 valence electrons. The highest BCUT2D eigenvalue weighted by molar-refractivity contribution is 5.98. The number of hydrogen-bond donors (Lipinski definition) is 14. The topological polar surface area (TPSA) is 397 Å². The van der Waals surface area contributed by atoms with Crippen LogP contribution in [-0.2, 0) is 43.2 Å². The second-order valence-corrected chi connectivity index (χ2v) is 14.8. The normalized spacial score (nSPS) is 16.3. The number of nitrogens with one attached hydrogen (secondary N) is 7. The second kappa shape index (κ2) is 27.7. The van der Waals surface area contributed by atoms with E-state index < -0.39 is 120 Å². The van der Waals surface area contributed by atoms with Crippen LogP contribution in [0.5, 0.6) is 0 Å². The Morgan fingerprint density at radius 3 is 1.31 bits per heavy atom. The Kier molecular flexibility index (Phi) is 25.3. The third kappa shape index (κ3) is 21.0. The molecule has 0 saturated heterocycles. The highest BCUT2D eigenvalue weighted by Gasteiger charge is 2.35. The first-order valence-electron chi connectivity index (χ1n) is 19.6. The largest absolute Gasteiger partial charge is 0.481 e. The molecule has 0 aliphatic heterocycles. The Morgan fingerprint density at radius 2 is 0.898 bits per heavy atom. The van der Waals surface area contributed by atoms with E-state index >= 15 is 0 Å². The lowest BCUT2D eigenvalue weighted by atomic mass is 10.0. The molecule has 0 aliphatic carbocycles. The van der Waals surface area contributed by atoms with Gasteiger partial charge in [-0.25, -0.2) is 4.79 Å². The zero-order valence-corrected chi connectivity index (χ0v) is 34.6. The van der Waals surface area contributed by atoms with Gasteiger partial charge in [-0.3, -0.25) is 38.4 Å². The van der Waals surface area contributed by atoms with Crippen LogP contribution >= 0.6 is 0 Å². The minimum absolute atomic E-state index is 0.0512. The van der Waals surface area contributed by atoms with Crippen molar-refractivity contribution in [1.82, 2.24) is 37.2 Å². The molecule has 0 aromatic heterocycles. The van der Waals surface area contributed by atoms with Crippen LogP contribution in [0.2, 0.25) is 0 Å². The van der Waals surface area contributed by atoms with Gasteiger partial charge in [-0.1, -0.05) is 13.8 Å². The van der Waals surface area contributed by atoms with Crippen LogP contribution in [0, 0.1) is 5.92 Å². The summed E-state index contributed by atoms with van der Waals surface area (Å²) < 4.78 is 0. The maximum absolute atomic E-state index is 13.5. The lowest BCUT2D eigenvalue weighted by Gasteiger charge is -2.27. The van der Waals surface area contributed by atoms with Crippen LogP contribution < -0.4 is 54.4 Å². The molecule has 17 N–H and O–H groups in total. The van der Waals surface area contributed by atoms with Gasteiger partial charge >= 0.3 is 11.9 Å². The molecule has 0 bridgehead atoms. The number of rotatable bonds is 29. The first-order chi connectivity index (χ1) is 27.5. The van der Waals surface area contributed by atoms with Crippen molar-refractivity contribution >= 4 is 53.3 Å². The van der Waals surface area contributed by atoms with Gasteiger partial charge in [-0.15, -0.1) is 0 Å². The molecule has 0 saturated carbocycles. The molecular weight excluding hydrogens is 780 g/mol. The average molecular weight is 847 g/mol. The van der Waals surface area contributed by atoms with Crippen molar-refractivity contribution in [1.29, 1.82) is 0 Å². The first-order valence-corrected chi connectivity index (χ1v) is 19.6. The maximum atomic E-state index is 13.5. The second-order valence-electron chi connectivity index (χ2n) is 14.8. The third-order valence-electron chi connectivity index (χ3n) is 8.88. The maximum Gasteiger partial charge on any atom is 0.326 e. The van der Waals surface area contributed by atoms with Gasteiger partial charge in [-0.2, -0.15) is 0 Å². The Morgan fingerprint density at radius 1 is 0.492 bits per heavy atom. The number of carboxylic acids is 2. The fraction of sp³-hybridized carbons (Fsp3) is 0.750. The predicted octanol–water partition coefficient (Wildman–Crippen LogP) is -4.63.